The lowest BCUT2D eigenvalue weighted by Crippen LogP contribution is -2.30. The van der Waals surface area contributed by atoms with Gasteiger partial charge in [-0.15, -0.1) is 0 Å². The topological polar surface area (TPSA) is 111 Å². The summed E-state index contributed by atoms with van der Waals surface area (Å²) in [6.07, 6.45) is 3.73. The van der Waals surface area contributed by atoms with E-state index in [2.05, 4.69) is 20.8 Å². The van der Waals surface area contributed by atoms with E-state index in [1.807, 2.05) is 0 Å². The summed E-state index contributed by atoms with van der Waals surface area (Å²) in [6, 6.07) is 0. The minimum absolute atomic E-state index is 0.320. The number of primary amides is 1. The molecule has 96 valence electrons. The van der Waals surface area contributed by atoms with E-state index in [9.17, 15) is 4.79 Å². The number of anilines is 1. The molecule has 1 amide bonds. The molecule has 17 heavy (non-hydrogen) atoms. The first-order valence-electron chi connectivity index (χ1n) is 5.67. The molecule has 0 bridgehead atoms. The minimum Gasteiger partial charge on any atom is -0.370 e. The van der Waals surface area contributed by atoms with Crippen LogP contribution in [-0.4, -0.2) is 29.1 Å². The van der Waals surface area contributed by atoms with Gasteiger partial charge in [-0.2, -0.15) is 4.98 Å². The van der Waals surface area contributed by atoms with Crippen molar-refractivity contribution < 1.29 is 9.32 Å². The largest absolute Gasteiger partial charge is 0.370 e. The third-order valence-corrected chi connectivity index (χ3v) is 2.27. The molecule has 2 heterocycles. The monoisotopic (exact) mass is 241 g/mol. The van der Waals surface area contributed by atoms with Crippen LogP contribution in [0.4, 0.5) is 5.95 Å². The zero-order valence-electron chi connectivity index (χ0n) is 10.1. The van der Waals surface area contributed by atoms with Crippen LogP contribution in [0.5, 0.6) is 0 Å². The molecular weight excluding hydrogens is 222 g/mol. The Morgan fingerprint density at radius 1 is 1.41 bits per heavy atom. The second-order valence-electron chi connectivity index (χ2n) is 3.85. The van der Waals surface area contributed by atoms with Gasteiger partial charge in [0.05, 0.1) is 6.54 Å². The Balaban J connectivity index is 0.000000317. The smallest absolute Gasteiger partial charge is 0.266 e. The summed E-state index contributed by atoms with van der Waals surface area (Å²) < 4.78 is 4.94. The lowest BCUT2D eigenvalue weighted by atomic mass is 10.1. The van der Waals surface area contributed by atoms with E-state index in [1.165, 1.54) is 26.2 Å². The zero-order chi connectivity index (χ0) is 12.7. The van der Waals surface area contributed by atoms with Crippen LogP contribution in [0, 0.1) is 0 Å². The normalized spacial score (nSPS) is 15.1. The molecule has 1 aromatic heterocycles. The molecule has 1 aliphatic rings. The molecule has 0 aromatic carbocycles. The first kappa shape index (κ1) is 13.4. The zero-order valence-corrected chi connectivity index (χ0v) is 10.1. The standard InChI is InChI=1S/C8H14N4O.C2H5NO/c9-6-7-10-8(11-13-7)12-4-2-1-3-5-12;1-2(3)4/h1-6,9H2;1H3,(H2,3,4). The van der Waals surface area contributed by atoms with Crippen LogP contribution in [-0.2, 0) is 11.3 Å². The lowest BCUT2D eigenvalue weighted by Gasteiger charge is -2.24. The van der Waals surface area contributed by atoms with E-state index < -0.39 is 0 Å². The number of hydrogen-bond donors (Lipinski definition) is 2. The highest BCUT2D eigenvalue weighted by atomic mass is 16.5. The van der Waals surface area contributed by atoms with E-state index in [4.69, 9.17) is 10.3 Å². The third kappa shape index (κ3) is 4.81. The number of aromatic nitrogens is 2. The summed E-state index contributed by atoms with van der Waals surface area (Å²) in [5.74, 6) is 0.876. The Morgan fingerprint density at radius 2 is 2.00 bits per heavy atom. The number of nitrogens with two attached hydrogens (primary N) is 2. The van der Waals surface area contributed by atoms with Crippen LogP contribution in [0.1, 0.15) is 32.1 Å². The Kier molecular flexibility index (Phi) is 5.41. The molecule has 0 spiro atoms. The van der Waals surface area contributed by atoms with Crippen molar-refractivity contribution in [2.75, 3.05) is 18.0 Å². The van der Waals surface area contributed by atoms with Crippen molar-refractivity contribution in [3.05, 3.63) is 5.89 Å². The molecule has 1 saturated heterocycles. The molecule has 1 aliphatic heterocycles. The van der Waals surface area contributed by atoms with Crippen molar-refractivity contribution in [1.82, 2.24) is 10.1 Å². The number of rotatable bonds is 2. The number of amides is 1. The SMILES string of the molecule is CC(N)=O.NCc1nc(N2CCCCC2)no1. The van der Waals surface area contributed by atoms with Crippen molar-refractivity contribution in [2.45, 2.75) is 32.7 Å². The van der Waals surface area contributed by atoms with Crippen LogP contribution < -0.4 is 16.4 Å². The van der Waals surface area contributed by atoms with E-state index in [1.54, 1.807) is 0 Å². The third-order valence-electron chi connectivity index (χ3n) is 2.27. The molecule has 7 nitrogen and oxygen atoms in total. The number of nitrogens with zero attached hydrogens (tertiary/aromatic N) is 3. The maximum atomic E-state index is 9.22. The summed E-state index contributed by atoms with van der Waals surface area (Å²) >= 11 is 0. The molecular formula is C10H19N5O2. The summed E-state index contributed by atoms with van der Waals surface area (Å²) in [7, 11) is 0. The Hall–Kier alpha value is -1.63. The van der Waals surface area contributed by atoms with Crippen LogP contribution in [0.25, 0.3) is 0 Å². The highest BCUT2D eigenvalue weighted by Crippen LogP contribution is 2.15. The predicted molar refractivity (Wildman–Crippen MR) is 63.1 cm³/mol. The molecule has 7 heteroatoms. The van der Waals surface area contributed by atoms with Crippen molar-refractivity contribution in [3.63, 3.8) is 0 Å². The fourth-order valence-corrected chi connectivity index (χ4v) is 1.55. The van der Waals surface area contributed by atoms with Gasteiger partial charge in [0, 0.05) is 20.0 Å². The van der Waals surface area contributed by atoms with Crippen LogP contribution in [0.2, 0.25) is 0 Å². The fraction of sp³-hybridized carbons (Fsp3) is 0.700. The second-order valence-corrected chi connectivity index (χ2v) is 3.85. The van der Waals surface area contributed by atoms with Gasteiger partial charge in [-0.1, -0.05) is 0 Å². The number of hydrogen-bond acceptors (Lipinski definition) is 6. The maximum Gasteiger partial charge on any atom is 0.266 e. The summed E-state index contributed by atoms with van der Waals surface area (Å²) in [4.78, 5) is 15.5. The number of piperidine rings is 1. The molecule has 1 aromatic rings. The second kappa shape index (κ2) is 6.85. The average Bonchev–Trinajstić information content (AvgIpc) is 2.78. The summed E-state index contributed by atoms with van der Waals surface area (Å²) in [6.45, 7) is 3.69. The van der Waals surface area contributed by atoms with Gasteiger partial charge >= 0.3 is 0 Å². The van der Waals surface area contributed by atoms with Gasteiger partial charge in [-0.25, -0.2) is 0 Å². The number of carbonyl (C=O) groups excluding carboxylic acids is 1. The minimum atomic E-state index is -0.333. The molecule has 0 radical (unpaired) electrons. The predicted octanol–water partition coefficient (Wildman–Crippen LogP) is 0.0102. The maximum absolute atomic E-state index is 9.22. The average molecular weight is 241 g/mol. The van der Waals surface area contributed by atoms with E-state index >= 15 is 0 Å². The van der Waals surface area contributed by atoms with Gasteiger partial charge in [0.25, 0.3) is 5.95 Å². The number of carbonyl (C=O) groups is 1. The van der Waals surface area contributed by atoms with Crippen molar-refractivity contribution >= 4 is 11.9 Å². The first-order valence-corrected chi connectivity index (χ1v) is 5.67. The van der Waals surface area contributed by atoms with Crippen molar-refractivity contribution in [2.24, 2.45) is 11.5 Å². The molecule has 1 fully saturated rings. The van der Waals surface area contributed by atoms with E-state index in [-0.39, 0.29) is 5.91 Å². The quantitative estimate of drug-likeness (QED) is 0.754. The Bertz CT molecular complexity index is 342. The summed E-state index contributed by atoms with van der Waals surface area (Å²) in [5.41, 5.74) is 9.85. The lowest BCUT2D eigenvalue weighted by molar-refractivity contribution is -0.115. The van der Waals surface area contributed by atoms with E-state index in [0.29, 0.717) is 18.4 Å². The van der Waals surface area contributed by atoms with E-state index in [0.717, 1.165) is 13.1 Å². The van der Waals surface area contributed by atoms with Crippen molar-refractivity contribution in [3.8, 4) is 0 Å². The van der Waals surface area contributed by atoms with Gasteiger partial charge in [-0.3, -0.25) is 4.79 Å². The van der Waals surface area contributed by atoms with Gasteiger partial charge in [0.1, 0.15) is 0 Å². The van der Waals surface area contributed by atoms with Crippen LogP contribution in [0.15, 0.2) is 4.52 Å². The molecule has 0 unspecified atom stereocenters. The molecule has 4 N–H and O–H groups in total. The molecule has 0 aliphatic carbocycles. The van der Waals surface area contributed by atoms with Gasteiger partial charge in [0.15, 0.2) is 0 Å². The highest BCUT2D eigenvalue weighted by Gasteiger charge is 2.15. The Morgan fingerprint density at radius 3 is 2.47 bits per heavy atom. The van der Waals surface area contributed by atoms with Crippen LogP contribution >= 0.6 is 0 Å². The van der Waals surface area contributed by atoms with Crippen LogP contribution in [0.3, 0.4) is 0 Å². The molecule has 0 saturated carbocycles. The van der Waals surface area contributed by atoms with Gasteiger partial charge in [0.2, 0.25) is 11.8 Å². The molecule has 0 atom stereocenters. The first-order chi connectivity index (χ1) is 8.13. The molecule has 2 rings (SSSR count). The summed E-state index contributed by atoms with van der Waals surface area (Å²) in [5, 5.41) is 3.87. The van der Waals surface area contributed by atoms with Crippen molar-refractivity contribution in [1.29, 1.82) is 0 Å². The fourth-order valence-electron chi connectivity index (χ4n) is 1.55. The van der Waals surface area contributed by atoms with Gasteiger partial charge in [-0.05, 0) is 24.4 Å². The Labute approximate surface area is 100 Å². The van der Waals surface area contributed by atoms with Gasteiger partial charge < -0.3 is 20.9 Å². The highest BCUT2D eigenvalue weighted by molar-refractivity contribution is 5.70.